The Kier molecular flexibility index (Phi) is 6.13. The minimum atomic E-state index is -4.70. The van der Waals surface area contributed by atoms with E-state index >= 15 is 0 Å². The number of amides is 1. The maximum Gasteiger partial charge on any atom is 0.573 e. The molecular weight excluding hydrogens is 345 g/mol. The number of alkyl halides is 3. The number of rotatable bonds is 6. The van der Waals surface area contributed by atoms with Crippen molar-refractivity contribution in [2.45, 2.75) is 33.2 Å². The topological polar surface area (TPSA) is 50.4 Å². The number of carbonyl (C=O) groups is 1. The van der Waals surface area contributed by atoms with Crippen LogP contribution in [-0.4, -0.2) is 12.3 Å². The number of hydrogen-bond acceptors (Lipinski definition) is 3. The highest BCUT2D eigenvalue weighted by Crippen LogP contribution is 2.26. The fraction of sp³-hybridized carbons (Fsp3) is 0.316. The zero-order chi connectivity index (χ0) is 19.3. The highest BCUT2D eigenvalue weighted by atomic mass is 19.4. The monoisotopic (exact) mass is 366 g/mol. The van der Waals surface area contributed by atoms with Crippen molar-refractivity contribution in [1.82, 2.24) is 0 Å². The number of halogens is 3. The van der Waals surface area contributed by atoms with Crippen molar-refractivity contribution in [3.63, 3.8) is 0 Å². The third-order valence-electron chi connectivity index (χ3n) is 3.67. The second-order valence-electron chi connectivity index (χ2n) is 6.20. The van der Waals surface area contributed by atoms with Gasteiger partial charge >= 0.3 is 6.36 Å². The molecule has 0 aromatic heterocycles. The van der Waals surface area contributed by atoms with Gasteiger partial charge in [0.1, 0.15) is 5.75 Å². The third kappa shape index (κ3) is 5.98. The highest BCUT2D eigenvalue weighted by molar-refractivity contribution is 5.92. The lowest BCUT2D eigenvalue weighted by molar-refractivity contribution is -0.274. The zero-order valence-corrected chi connectivity index (χ0v) is 14.7. The van der Waals surface area contributed by atoms with Crippen LogP contribution >= 0.6 is 0 Å². The SMILES string of the molecule is CC(C)C(=O)Nc1ccc(NC(C)c2ccc(OC(F)(F)F)cc2)cc1. The maximum absolute atomic E-state index is 12.2. The molecule has 1 unspecified atom stereocenters. The van der Waals surface area contributed by atoms with Crippen molar-refractivity contribution < 1.29 is 22.7 Å². The normalized spacial score (nSPS) is 12.6. The van der Waals surface area contributed by atoms with E-state index in [0.717, 1.165) is 11.3 Å². The summed E-state index contributed by atoms with van der Waals surface area (Å²) in [6, 6.07) is 12.8. The standard InChI is InChI=1S/C19H21F3N2O2/c1-12(2)18(25)24-16-8-6-15(7-9-16)23-13(3)14-4-10-17(11-5-14)26-19(20,21)22/h4-13,23H,1-3H3,(H,24,25). The molecule has 0 fully saturated rings. The van der Waals surface area contributed by atoms with Crippen LogP contribution in [-0.2, 0) is 4.79 Å². The Morgan fingerprint density at radius 3 is 1.96 bits per heavy atom. The molecule has 140 valence electrons. The first-order valence-corrected chi connectivity index (χ1v) is 8.17. The van der Waals surface area contributed by atoms with E-state index in [1.165, 1.54) is 12.1 Å². The van der Waals surface area contributed by atoms with Crippen LogP contribution in [0.5, 0.6) is 5.75 Å². The van der Waals surface area contributed by atoms with E-state index in [0.29, 0.717) is 5.69 Å². The lowest BCUT2D eigenvalue weighted by atomic mass is 10.1. The average Bonchev–Trinajstić information content (AvgIpc) is 2.55. The van der Waals surface area contributed by atoms with Crippen LogP contribution < -0.4 is 15.4 Å². The molecule has 26 heavy (non-hydrogen) atoms. The van der Waals surface area contributed by atoms with Gasteiger partial charge in [-0.1, -0.05) is 26.0 Å². The molecule has 0 heterocycles. The average molecular weight is 366 g/mol. The number of carbonyl (C=O) groups excluding carboxylic acids is 1. The van der Waals surface area contributed by atoms with Gasteiger partial charge in [-0.05, 0) is 48.9 Å². The van der Waals surface area contributed by atoms with Crippen molar-refractivity contribution in [2.75, 3.05) is 10.6 Å². The molecule has 7 heteroatoms. The molecule has 0 aliphatic carbocycles. The second-order valence-corrected chi connectivity index (χ2v) is 6.20. The summed E-state index contributed by atoms with van der Waals surface area (Å²) in [5.74, 6) is -0.406. The van der Waals surface area contributed by atoms with Crippen molar-refractivity contribution in [2.24, 2.45) is 5.92 Å². The van der Waals surface area contributed by atoms with E-state index in [-0.39, 0.29) is 23.6 Å². The van der Waals surface area contributed by atoms with E-state index in [9.17, 15) is 18.0 Å². The minimum Gasteiger partial charge on any atom is -0.406 e. The molecule has 0 radical (unpaired) electrons. The Hall–Kier alpha value is -2.70. The summed E-state index contributed by atoms with van der Waals surface area (Å²) < 4.78 is 40.4. The molecule has 1 atom stereocenters. The molecule has 0 aliphatic rings. The number of ether oxygens (including phenoxy) is 1. The summed E-state index contributed by atoms with van der Waals surface area (Å²) >= 11 is 0. The number of nitrogens with one attached hydrogen (secondary N) is 2. The van der Waals surface area contributed by atoms with E-state index in [1.807, 2.05) is 32.9 Å². The molecule has 0 aliphatic heterocycles. The first-order chi connectivity index (χ1) is 12.1. The first-order valence-electron chi connectivity index (χ1n) is 8.17. The van der Waals surface area contributed by atoms with E-state index in [4.69, 9.17) is 0 Å². The summed E-state index contributed by atoms with van der Waals surface area (Å²) in [6.07, 6.45) is -4.70. The second kappa shape index (κ2) is 8.12. The quantitative estimate of drug-likeness (QED) is 0.724. The van der Waals surface area contributed by atoms with E-state index < -0.39 is 6.36 Å². The summed E-state index contributed by atoms with van der Waals surface area (Å²) in [6.45, 7) is 5.53. The van der Waals surface area contributed by atoms with Crippen molar-refractivity contribution in [3.05, 3.63) is 54.1 Å². The van der Waals surface area contributed by atoms with Crippen LogP contribution in [0.3, 0.4) is 0 Å². The predicted molar refractivity (Wildman–Crippen MR) is 95.1 cm³/mol. The van der Waals surface area contributed by atoms with Gasteiger partial charge in [-0.15, -0.1) is 13.2 Å². The summed E-state index contributed by atoms with van der Waals surface area (Å²) in [4.78, 5) is 11.7. The van der Waals surface area contributed by atoms with Gasteiger partial charge in [0, 0.05) is 23.3 Å². The van der Waals surface area contributed by atoms with Gasteiger partial charge in [0.2, 0.25) is 5.91 Å². The van der Waals surface area contributed by atoms with Gasteiger partial charge in [-0.2, -0.15) is 0 Å². The van der Waals surface area contributed by atoms with Gasteiger partial charge in [-0.3, -0.25) is 4.79 Å². The first kappa shape index (κ1) is 19.6. The highest BCUT2D eigenvalue weighted by Gasteiger charge is 2.31. The number of benzene rings is 2. The molecule has 2 aromatic rings. The van der Waals surface area contributed by atoms with Gasteiger partial charge in [0.15, 0.2) is 0 Å². The van der Waals surface area contributed by atoms with Crippen LogP contribution in [0.4, 0.5) is 24.5 Å². The van der Waals surface area contributed by atoms with E-state index in [1.54, 1.807) is 24.3 Å². The van der Waals surface area contributed by atoms with Crippen LogP contribution in [0.1, 0.15) is 32.4 Å². The Labute approximate surface area is 150 Å². The molecule has 2 aromatic carbocycles. The fourth-order valence-electron chi connectivity index (χ4n) is 2.23. The zero-order valence-electron chi connectivity index (χ0n) is 14.7. The Bertz CT molecular complexity index is 726. The van der Waals surface area contributed by atoms with Crippen LogP contribution in [0.25, 0.3) is 0 Å². The number of hydrogen-bond donors (Lipinski definition) is 2. The Morgan fingerprint density at radius 1 is 0.923 bits per heavy atom. The molecule has 1 amide bonds. The van der Waals surface area contributed by atoms with Gasteiger partial charge < -0.3 is 15.4 Å². The molecule has 2 N–H and O–H groups in total. The smallest absolute Gasteiger partial charge is 0.406 e. The molecule has 2 rings (SSSR count). The number of anilines is 2. The van der Waals surface area contributed by atoms with Crippen molar-refractivity contribution in [3.8, 4) is 5.75 Å². The largest absolute Gasteiger partial charge is 0.573 e. The molecule has 0 saturated carbocycles. The summed E-state index contributed by atoms with van der Waals surface area (Å²) in [5, 5.41) is 6.06. The molecule has 0 spiro atoms. The third-order valence-corrected chi connectivity index (χ3v) is 3.67. The van der Waals surface area contributed by atoms with Crippen LogP contribution in [0.2, 0.25) is 0 Å². The van der Waals surface area contributed by atoms with Gasteiger partial charge in [0.05, 0.1) is 0 Å². The molecule has 4 nitrogen and oxygen atoms in total. The van der Waals surface area contributed by atoms with Gasteiger partial charge in [-0.25, -0.2) is 0 Å². The lowest BCUT2D eigenvalue weighted by Gasteiger charge is -2.17. The molecule has 0 bridgehead atoms. The van der Waals surface area contributed by atoms with E-state index in [2.05, 4.69) is 15.4 Å². The van der Waals surface area contributed by atoms with Crippen LogP contribution in [0, 0.1) is 5.92 Å². The summed E-state index contributed by atoms with van der Waals surface area (Å²) in [5.41, 5.74) is 2.35. The van der Waals surface area contributed by atoms with Crippen molar-refractivity contribution in [1.29, 1.82) is 0 Å². The van der Waals surface area contributed by atoms with Crippen molar-refractivity contribution >= 4 is 17.3 Å². The fourth-order valence-corrected chi connectivity index (χ4v) is 2.23. The predicted octanol–water partition coefficient (Wildman–Crippen LogP) is 5.35. The van der Waals surface area contributed by atoms with Gasteiger partial charge in [0.25, 0.3) is 0 Å². The Morgan fingerprint density at radius 2 is 1.46 bits per heavy atom. The Balaban J connectivity index is 1.96. The lowest BCUT2D eigenvalue weighted by Crippen LogP contribution is -2.17. The molecule has 0 saturated heterocycles. The maximum atomic E-state index is 12.2. The van der Waals surface area contributed by atoms with Crippen LogP contribution in [0.15, 0.2) is 48.5 Å². The molecular formula is C19H21F3N2O2. The minimum absolute atomic E-state index is 0.0553. The summed E-state index contributed by atoms with van der Waals surface area (Å²) in [7, 11) is 0.